The Labute approximate surface area is 128 Å². The van der Waals surface area contributed by atoms with Crippen LogP contribution in [0.25, 0.3) is 0 Å². The number of hydrogen-bond acceptors (Lipinski definition) is 2. The summed E-state index contributed by atoms with van der Waals surface area (Å²) in [5.41, 5.74) is 1.59. The minimum Gasteiger partial charge on any atom is -0.207 e. The SMILES string of the molecule is CCC(C)CN(CC)S(=O)(=O)c1cc(CCl)ccc1C. The van der Waals surface area contributed by atoms with Crippen molar-refractivity contribution in [2.75, 3.05) is 13.1 Å². The molecular formula is C15H24ClNO2S. The number of hydrogen-bond donors (Lipinski definition) is 0. The van der Waals surface area contributed by atoms with Gasteiger partial charge in [0, 0.05) is 19.0 Å². The number of halogens is 1. The highest BCUT2D eigenvalue weighted by Gasteiger charge is 2.26. The Bertz CT molecular complexity index is 543. The third-order valence-corrected chi connectivity index (χ3v) is 5.98. The van der Waals surface area contributed by atoms with E-state index in [9.17, 15) is 8.42 Å². The molecule has 0 aromatic heterocycles. The lowest BCUT2D eigenvalue weighted by molar-refractivity contribution is 0.361. The summed E-state index contributed by atoms with van der Waals surface area (Å²) in [7, 11) is -3.44. The molecule has 114 valence electrons. The fourth-order valence-corrected chi connectivity index (χ4v) is 4.03. The van der Waals surface area contributed by atoms with Crippen LogP contribution in [0.1, 0.15) is 38.3 Å². The van der Waals surface area contributed by atoms with Crippen LogP contribution in [0.3, 0.4) is 0 Å². The van der Waals surface area contributed by atoms with Crippen LogP contribution < -0.4 is 0 Å². The first-order valence-corrected chi connectivity index (χ1v) is 8.99. The Hall–Kier alpha value is -0.580. The van der Waals surface area contributed by atoms with E-state index < -0.39 is 10.0 Å². The average molecular weight is 318 g/mol. The monoisotopic (exact) mass is 317 g/mol. The summed E-state index contributed by atoms with van der Waals surface area (Å²) in [5.74, 6) is 0.668. The molecule has 0 fully saturated rings. The first-order chi connectivity index (χ1) is 9.36. The van der Waals surface area contributed by atoms with E-state index in [0.717, 1.165) is 17.5 Å². The van der Waals surface area contributed by atoms with E-state index in [2.05, 4.69) is 13.8 Å². The van der Waals surface area contributed by atoms with Gasteiger partial charge >= 0.3 is 0 Å². The van der Waals surface area contributed by atoms with Gasteiger partial charge in [0.2, 0.25) is 10.0 Å². The molecule has 0 amide bonds. The van der Waals surface area contributed by atoms with Gasteiger partial charge in [-0.1, -0.05) is 39.3 Å². The summed E-state index contributed by atoms with van der Waals surface area (Å²) in [5, 5.41) is 0. The van der Waals surface area contributed by atoms with Crippen molar-refractivity contribution in [3.05, 3.63) is 29.3 Å². The summed E-state index contributed by atoms with van der Waals surface area (Å²) in [6, 6.07) is 5.38. The van der Waals surface area contributed by atoms with Gasteiger partial charge in [-0.05, 0) is 30.0 Å². The predicted octanol–water partition coefficient (Wildman–Crippen LogP) is 3.79. The smallest absolute Gasteiger partial charge is 0.207 e. The molecule has 20 heavy (non-hydrogen) atoms. The lowest BCUT2D eigenvalue weighted by atomic mass is 10.1. The highest BCUT2D eigenvalue weighted by molar-refractivity contribution is 7.89. The Morgan fingerprint density at radius 2 is 1.95 bits per heavy atom. The van der Waals surface area contributed by atoms with Crippen LogP contribution in [0.4, 0.5) is 0 Å². The van der Waals surface area contributed by atoms with E-state index in [4.69, 9.17) is 11.6 Å². The van der Waals surface area contributed by atoms with Crippen molar-refractivity contribution < 1.29 is 8.42 Å². The maximum atomic E-state index is 12.8. The number of alkyl halides is 1. The number of sulfonamides is 1. The van der Waals surface area contributed by atoms with E-state index in [1.165, 1.54) is 0 Å². The van der Waals surface area contributed by atoms with Gasteiger partial charge in [0.25, 0.3) is 0 Å². The summed E-state index contributed by atoms with van der Waals surface area (Å²) < 4.78 is 27.1. The van der Waals surface area contributed by atoms with E-state index in [1.807, 2.05) is 26.0 Å². The topological polar surface area (TPSA) is 37.4 Å². The maximum absolute atomic E-state index is 12.8. The van der Waals surface area contributed by atoms with Gasteiger partial charge in [-0.3, -0.25) is 0 Å². The minimum atomic E-state index is -3.44. The van der Waals surface area contributed by atoms with E-state index in [0.29, 0.717) is 29.8 Å². The highest BCUT2D eigenvalue weighted by atomic mass is 35.5. The maximum Gasteiger partial charge on any atom is 0.243 e. The standard InChI is InChI=1S/C15H24ClNO2S/c1-5-12(3)11-17(6-2)20(18,19)15-9-14(10-16)8-7-13(15)4/h7-9,12H,5-6,10-11H2,1-4H3. The molecule has 0 saturated heterocycles. The molecule has 3 nitrogen and oxygen atoms in total. The van der Waals surface area contributed by atoms with Gasteiger partial charge in [0.15, 0.2) is 0 Å². The molecule has 0 radical (unpaired) electrons. The fraction of sp³-hybridized carbons (Fsp3) is 0.600. The van der Waals surface area contributed by atoms with Crippen molar-refractivity contribution in [2.24, 2.45) is 5.92 Å². The molecule has 1 unspecified atom stereocenters. The lowest BCUT2D eigenvalue weighted by Crippen LogP contribution is -2.35. The molecule has 0 saturated carbocycles. The van der Waals surface area contributed by atoms with Crippen molar-refractivity contribution in [3.63, 3.8) is 0 Å². The zero-order chi connectivity index (χ0) is 15.3. The molecule has 1 aromatic carbocycles. The molecule has 0 aliphatic rings. The second kappa shape index (κ2) is 7.43. The molecule has 0 spiro atoms. The minimum absolute atomic E-state index is 0.320. The zero-order valence-electron chi connectivity index (χ0n) is 12.7. The van der Waals surface area contributed by atoms with Crippen LogP contribution in [0.15, 0.2) is 23.1 Å². The summed E-state index contributed by atoms with van der Waals surface area (Å²) >= 11 is 5.81. The van der Waals surface area contributed by atoms with Crippen molar-refractivity contribution >= 4 is 21.6 Å². The Kier molecular flexibility index (Phi) is 6.49. The molecular weight excluding hydrogens is 294 g/mol. The van der Waals surface area contributed by atoms with Crippen LogP contribution in [-0.4, -0.2) is 25.8 Å². The van der Waals surface area contributed by atoms with Gasteiger partial charge in [0.1, 0.15) is 0 Å². The molecule has 0 N–H and O–H groups in total. The molecule has 0 bridgehead atoms. The number of aryl methyl sites for hydroxylation is 1. The van der Waals surface area contributed by atoms with Crippen LogP contribution >= 0.6 is 11.6 Å². The third-order valence-electron chi connectivity index (χ3n) is 3.59. The second-order valence-electron chi connectivity index (χ2n) is 5.20. The third kappa shape index (κ3) is 3.96. The van der Waals surface area contributed by atoms with E-state index >= 15 is 0 Å². The van der Waals surface area contributed by atoms with Crippen molar-refractivity contribution in [1.29, 1.82) is 0 Å². The molecule has 1 atom stereocenters. The van der Waals surface area contributed by atoms with Gasteiger partial charge in [-0.2, -0.15) is 4.31 Å². The number of nitrogens with zero attached hydrogens (tertiary/aromatic N) is 1. The average Bonchev–Trinajstić information content (AvgIpc) is 2.44. The van der Waals surface area contributed by atoms with Crippen LogP contribution in [0, 0.1) is 12.8 Å². The highest BCUT2D eigenvalue weighted by Crippen LogP contribution is 2.23. The molecule has 5 heteroatoms. The molecule has 0 heterocycles. The first-order valence-electron chi connectivity index (χ1n) is 7.02. The molecule has 0 aliphatic heterocycles. The quantitative estimate of drug-likeness (QED) is 0.717. The number of rotatable bonds is 7. The summed E-state index contributed by atoms with van der Waals surface area (Å²) in [6.07, 6.45) is 0.965. The van der Waals surface area contributed by atoms with E-state index in [-0.39, 0.29) is 0 Å². The Morgan fingerprint density at radius 1 is 1.30 bits per heavy atom. The van der Waals surface area contributed by atoms with Gasteiger partial charge in [-0.25, -0.2) is 8.42 Å². The van der Waals surface area contributed by atoms with E-state index in [1.54, 1.807) is 10.4 Å². The second-order valence-corrected chi connectivity index (χ2v) is 7.38. The van der Waals surface area contributed by atoms with Gasteiger partial charge in [0.05, 0.1) is 4.90 Å². The Balaban J connectivity index is 3.19. The number of benzene rings is 1. The molecule has 1 rings (SSSR count). The Morgan fingerprint density at radius 3 is 2.45 bits per heavy atom. The lowest BCUT2D eigenvalue weighted by Gasteiger charge is -2.24. The largest absolute Gasteiger partial charge is 0.243 e. The predicted molar refractivity (Wildman–Crippen MR) is 84.6 cm³/mol. The van der Waals surface area contributed by atoms with Crippen LogP contribution in [0.5, 0.6) is 0 Å². The fourth-order valence-electron chi connectivity index (χ4n) is 2.02. The summed E-state index contributed by atoms with van der Waals surface area (Å²) in [4.78, 5) is 0.376. The summed E-state index contributed by atoms with van der Waals surface area (Å²) in [6.45, 7) is 8.88. The van der Waals surface area contributed by atoms with Crippen LogP contribution in [-0.2, 0) is 15.9 Å². The van der Waals surface area contributed by atoms with Crippen molar-refractivity contribution in [2.45, 2.75) is 44.9 Å². The van der Waals surface area contributed by atoms with Gasteiger partial charge in [-0.15, -0.1) is 11.6 Å². The normalized spacial score (nSPS) is 13.7. The van der Waals surface area contributed by atoms with Crippen molar-refractivity contribution in [1.82, 2.24) is 4.31 Å². The van der Waals surface area contributed by atoms with Gasteiger partial charge < -0.3 is 0 Å². The molecule has 0 aliphatic carbocycles. The van der Waals surface area contributed by atoms with Crippen LogP contribution in [0.2, 0.25) is 0 Å². The first kappa shape index (κ1) is 17.5. The zero-order valence-corrected chi connectivity index (χ0v) is 14.3. The molecule has 1 aromatic rings. The van der Waals surface area contributed by atoms with Crippen molar-refractivity contribution in [3.8, 4) is 0 Å².